The molecular weight excluding hydrogens is 200 g/mol. The SMILES string of the molecule is C[C@@H]1c2ccccc2C[C@@H]1C(=O)O.Cl. The number of fused-ring (bicyclic) bond motifs is 1. The predicted molar refractivity (Wildman–Crippen MR) is 56.9 cm³/mol. The Balaban J connectivity index is 0.000000980. The van der Waals surface area contributed by atoms with E-state index in [1.54, 1.807) is 0 Å². The molecule has 0 spiro atoms. The van der Waals surface area contributed by atoms with E-state index < -0.39 is 5.97 Å². The summed E-state index contributed by atoms with van der Waals surface area (Å²) in [5.74, 6) is -0.741. The van der Waals surface area contributed by atoms with Crippen molar-refractivity contribution in [2.75, 3.05) is 0 Å². The molecule has 0 unspecified atom stereocenters. The summed E-state index contributed by atoms with van der Waals surface area (Å²) in [6.07, 6.45) is 0.687. The summed E-state index contributed by atoms with van der Waals surface area (Å²) in [4.78, 5) is 10.9. The van der Waals surface area contributed by atoms with Crippen LogP contribution in [0.2, 0.25) is 0 Å². The van der Waals surface area contributed by atoms with E-state index in [4.69, 9.17) is 5.11 Å². The van der Waals surface area contributed by atoms with E-state index in [1.807, 2.05) is 31.2 Å². The van der Waals surface area contributed by atoms with Gasteiger partial charge in [-0.1, -0.05) is 31.2 Å². The summed E-state index contributed by atoms with van der Waals surface area (Å²) < 4.78 is 0. The monoisotopic (exact) mass is 212 g/mol. The maximum absolute atomic E-state index is 10.9. The molecule has 0 amide bonds. The second-order valence-electron chi connectivity index (χ2n) is 3.64. The number of benzene rings is 1. The normalized spacial score (nSPS) is 23.8. The summed E-state index contributed by atoms with van der Waals surface area (Å²) in [6, 6.07) is 7.99. The van der Waals surface area contributed by atoms with E-state index in [-0.39, 0.29) is 24.2 Å². The summed E-state index contributed by atoms with van der Waals surface area (Å²) in [6.45, 7) is 1.99. The highest BCUT2D eigenvalue weighted by Crippen LogP contribution is 2.37. The Kier molecular flexibility index (Phi) is 3.17. The van der Waals surface area contributed by atoms with Gasteiger partial charge in [0.2, 0.25) is 0 Å². The molecule has 0 aromatic heterocycles. The minimum Gasteiger partial charge on any atom is -0.481 e. The first kappa shape index (κ1) is 11.1. The molecule has 1 aliphatic rings. The fourth-order valence-corrected chi connectivity index (χ4v) is 2.10. The minimum absolute atomic E-state index is 0. The van der Waals surface area contributed by atoms with Crippen molar-refractivity contribution in [2.24, 2.45) is 5.92 Å². The van der Waals surface area contributed by atoms with Gasteiger partial charge in [-0.05, 0) is 23.5 Å². The molecule has 76 valence electrons. The van der Waals surface area contributed by atoms with Crippen LogP contribution in [0.15, 0.2) is 24.3 Å². The number of carboxylic acid groups (broad SMARTS) is 1. The second-order valence-corrected chi connectivity index (χ2v) is 3.64. The maximum atomic E-state index is 10.9. The molecule has 0 bridgehead atoms. The first-order chi connectivity index (χ1) is 6.20. The van der Waals surface area contributed by atoms with Crippen molar-refractivity contribution in [3.05, 3.63) is 35.4 Å². The first-order valence-corrected chi connectivity index (χ1v) is 4.50. The number of halogens is 1. The third-order valence-corrected chi connectivity index (χ3v) is 2.91. The Morgan fingerprint density at radius 1 is 1.43 bits per heavy atom. The Morgan fingerprint density at radius 3 is 2.64 bits per heavy atom. The van der Waals surface area contributed by atoms with E-state index in [1.165, 1.54) is 11.1 Å². The average molecular weight is 213 g/mol. The molecule has 0 heterocycles. The van der Waals surface area contributed by atoms with Crippen molar-refractivity contribution in [3.8, 4) is 0 Å². The zero-order valence-electron chi connectivity index (χ0n) is 7.93. The third kappa shape index (κ3) is 1.62. The van der Waals surface area contributed by atoms with Crippen molar-refractivity contribution in [3.63, 3.8) is 0 Å². The van der Waals surface area contributed by atoms with Crippen molar-refractivity contribution in [1.29, 1.82) is 0 Å². The van der Waals surface area contributed by atoms with Gasteiger partial charge in [-0.25, -0.2) is 0 Å². The van der Waals surface area contributed by atoms with Crippen LogP contribution >= 0.6 is 12.4 Å². The maximum Gasteiger partial charge on any atom is 0.307 e. The quantitative estimate of drug-likeness (QED) is 0.777. The molecule has 0 radical (unpaired) electrons. The number of hydrogen-bond acceptors (Lipinski definition) is 1. The topological polar surface area (TPSA) is 37.3 Å². The Bertz CT molecular complexity index is 349. The lowest BCUT2D eigenvalue weighted by atomic mass is 9.95. The molecule has 1 aromatic carbocycles. The molecule has 0 saturated heterocycles. The standard InChI is InChI=1S/C11H12O2.ClH/c1-7-9-5-3-2-4-8(9)6-10(7)11(12)13;/h2-5,7,10H,6H2,1H3,(H,12,13);1H/t7-,10+;/m1./s1. The van der Waals surface area contributed by atoms with Gasteiger partial charge in [-0.15, -0.1) is 12.4 Å². The van der Waals surface area contributed by atoms with E-state index in [9.17, 15) is 4.79 Å². The molecule has 0 aliphatic heterocycles. The minimum atomic E-state index is -0.677. The van der Waals surface area contributed by atoms with E-state index in [0.29, 0.717) is 6.42 Å². The largest absolute Gasteiger partial charge is 0.481 e. The van der Waals surface area contributed by atoms with Crippen molar-refractivity contribution < 1.29 is 9.90 Å². The van der Waals surface area contributed by atoms with Crippen LogP contribution in [-0.4, -0.2) is 11.1 Å². The lowest BCUT2D eigenvalue weighted by Gasteiger charge is -2.09. The second kappa shape index (κ2) is 4.01. The molecule has 1 N–H and O–H groups in total. The van der Waals surface area contributed by atoms with Gasteiger partial charge in [0, 0.05) is 0 Å². The van der Waals surface area contributed by atoms with Crippen LogP contribution in [-0.2, 0) is 11.2 Å². The molecule has 0 saturated carbocycles. The highest BCUT2D eigenvalue weighted by molar-refractivity contribution is 5.85. The summed E-state index contributed by atoms with van der Waals surface area (Å²) in [5.41, 5.74) is 2.40. The zero-order valence-corrected chi connectivity index (χ0v) is 8.75. The molecular formula is C11H13ClO2. The van der Waals surface area contributed by atoms with Gasteiger partial charge in [0.15, 0.2) is 0 Å². The fourth-order valence-electron chi connectivity index (χ4n) is 2.10. The van der Waals surface area contributed by atoms with Crippen LogP contribution in [0, 0.1) is 5.92 Å². The smallest absolute Gasteiger partial charge is 0.307 e. The van der Waals surface area contributed by atoms with Crippen LogP contribution in [0.4, 0.5) is 0 Å². The highest BCUT2D eigenvalue weighted by Gasteiger charge is 2.33. The van der Waals surface area contributed by atoms with Gasteiger partial charge in [0.1, 0.15) is 0 Å². The van der Waals surface area contributed by atoms with Gasteiger partial charge in [0.25, 0.3) is 0 Å². The summed E-state index contributed by atoms with van der Waals surface area (Å²) in [5, 5.41) is 8.96. The van der Waals surface area contributed by atoms with Crippen LogP contribution in [0.5, 0.6) is 0 Å². The molecule has 2 nitrogen and oxygen atoms in total. The number of carboxylic acids is 1. The number of carbonyl (C=O) groups is 1. The third-order valence-electron chi connectivity index (χ3n) is 2.91. The average Bonchev–Trinajstić information content (AvgIpc) is 2.45. The van der Waals surface area contributed by atoms with E-state index >= 15 is 0 Å². The lowest BCUT2D eigenvalue weighted by Crippen LogP contribution is -2.16. The molecule has 1 aromatic rings. The van der Waals surface area contributed by atoms with Crippen LogP contribution < -0.4 is 0 Å². The highest BCUT2D eigenvalue weighted by atomic mass is 35.5. The van der Waals surface area contributed by atoms with E-state index in [2.05, 4.69) is 0 Å². The molecule has 14 heavy (non-hydrogen) atoms. The summed E-state index contributed by atoms with van der Waals surface area (Å²) in [7, 11) is 0. The van der Waals surface area contributed by atoms with Gasteiger partial charge >= 0.3 is 5.97 Å². The Labute approximate surface area is 89.4 Å². The van der Waals surface area contributed by atoms with Crippen molar-refractivity contribution in [1.82, 2.24) is 0 Å². The van der Waals surface area contributed by atoms with Crippen molar-refractivity contribution >= 4 is 18.4 Å². The molecule has 1 aliphatic carbocycles. The Morgan fingerprint density at radius 2 is 2.07 bits per heavy atom. The number of hydrogen-bond donors (Lipinski definition) is 1. The van der Waals surface area contributed by atoms with Crippen molar-refractivity contribution in [2.45, 2.75) is 19.3 Å². The molecule has 0 fully saturated rings. The van der Waals surface area contributed by atoms with Crippen LogP contribution in [0.25, 0.3) is 0 Å². The zero-order chi connectivity index (χ0) is 9.42. The Hall–Kier alpha value is -1.02. The fraction of sp³-hybridized carbons (Fsp3) is 0.364. The first-order valence-electron chi connectivity index (χ1n) is 4.50. The summed E-state index contributed by atoms with van der Waals surface area (Å²) >= 11 is 0. The number of rotatable bonds is 1. The van der Waals surface area contributed by atoms with Gasteiger partial charge in [-0.2, -0.15) is 0 Å². The van der Waals surface area contributed by atoms with Crippen LogP contribution in [0.1, 0.15) is 24.0 Å². The predicted octanol–water partition coefficient (Wildman–Crippen LogP) is 2.47. The van der Waals surface area contributed by atoms with Gasteiger partial charge in [-0.3, -0.25) is 4.79 Å². The van der Waals surface area contributed by atoms with Crippen LogP contribution in [0.3, 0.4) is 0 Å². The lowest BCUT2D eigenvalue weighted by molar-refractivity contribution is -0.142. The number of aliphatic carboxylic acids is 1. The van der Waals surface area contributed by atoms with E-state index in [0.717, 1.165) is 0 Å². The molecule has 3 heteroatoms. The molecule has 2 rings (SSSR count). The molecule has 2 atom stereocenters. The van der Waals surface area contributed by atoms with Gasteiger partial charge < -0.3 is 5.11 Å². The van der Waals surface area contributed by atoms with Gasteiger partial charge in [0.05, 0.1) is 5.92 Å².